The predicted molar refractivity (Wildman–Crippen MR) is 154 cm³/mol. The monoisotopic (exact) mass is 468 g/mol. The first kappa shape index (κ1) is 19.3. The third-order valence-corrected chi connectivity index (χ3v) is 8.16. The van der Waals surface area contributed by atoms with Crippen molar-refractivity contribution in [2.24, 2.45) is 0 Å². The third-order valence-electron chi connectivity index (χ3n) is 8.16. The van der Waals surface area contributed by atoms with Gasteiger partial charge in [0.25, 0.3) is 0 Å². The summed E-state index contributed by atoms with van der Waals surface area (Å²) < 4.78 is 6.42. The highest BCUT2D eigenvalue weighted by atomic mass is 16.5. The molecule has 0 amide bonds. The maximum Gasteiger partial charge on any atom is 0.135 e. The van der Waals surface area contributed by atoms with Crippen molar-refractivity contribution >= 4 is 32.3 Å². The second-order valence-corrected chi connectivity index (χ2v) is 10.1. The smallest absolute Gasteiger partial charge is 0.135 e. The molecule has 1 nitrogen and oxygen atoms in total. The Kier molecular flexibility index (Phi) is 3.59. The van der Waals surface area contributed by atoms with Gasteiger partial charge >= 0.3 is 0 Å². The van der Waals surface area contributed by atoms with E-state index in [1.54, 1.807) is 0 Å². The number of fused-ring (bicyclic) bond motifs is 6. The maximum atomic E-state index is 6.42. The molecule has 9 rings (SSSR count). The SMILES string of the molecule is c1ccc2c(-c3ccc4c(c3)-c3cccc5cccc(c35)O4)c3c(cc2c1)-c1cccc2cccc-3c12. The number of ether oxygens (including phenoxy) is 1. The molecule has 0 N–H and O–H groups in total. The molecule has 0 saturated heterocycles. The van der Waals surface area contributed by atoms with Crippen LogP contribution in [0.2, 0.25) is 0 Å². The van der Waals surface area contributed by atoms with E-state index in [-0.39, 0.29) is 0 Å². The van der Waals surface area contributed by atoms with E-state index in [4.69, 9.17) is 4.74 Å². The third kappa shape index (κ3) is 2.48. The number of hydrogen-bond donors (Lipinski definition) is 0. The molecule has 0 unspecified atom stereocenters. The van der Waals surface area contributed by atoms with Gasteiger partial charge in [-0.15, -0.1) is 0 Å². The largest absolute Gasteiger partial charge is 0.456 e. The lowest BCUT2D eigenvalue weighted by molar-refractivity contribution is 0.487. The minimum atomic E-state index is 0.914. The molecule has 0 spiro atoms. The molecule has 7 aromatic carbocycles. The maximum absolute atomic E-state index is 6.42. The molecule has 7 aromatic rings. The van der Waals surface area contributed by atoms with Gasteiger partial charge in [0.1, 0.15) is 11.5 Å². The van der Waals surface area contributed by atoms with E-state index in [0.29, 0.717) is 0 Å². The van der Waals surface area contributed by atoms with Crippen LogP contribution in [0.5, 0.6) is 11.5 Å². The van der Waals surface area contributed by atoms with E-state index in [0.717, 1.165) is 17.1 Å². The molecule has 0 atom stereocenters. The number of benzene rings is 7. The van der Waals surface area contributed by atoms with Crippen LogP contribution in [0.25, 0.3) is 76.8 Å². The van der Waals surface area contributed by atoms with Gasteiger partial charge in [0.15, 0.2) is 0 Å². The zero-order chi connectivity index (χ0) is 24.1. The van der Waals surface area contributed by atoms with Crippen molar-refractivity contribution in [1.82, 2.24) is 0 Å². The van der Waals surface area contributed by atoms with Crippen LogP contribution in [-0.4, -0.2) is 0 Å². The van der Waals surface area contributed by atoms with Gasteiger partial charge in [0, 0.05) is 10.9 Å². The first-order valence-corrected chi connectivity index (χ1v) is 12.8. The molecule has 170 valence electrons. The van der Waals surface area contributed by atoms with E-state index in [1.165, 1.54) is 71.3 Å². The summed E-state index contributed by atoms with van der Waals surface area (Å²) in [6.07, 6.45) is 0. The minimum Gasteiger partial charge on any atom is -0.456 e. The van der Waals surface area contributed by atoms with E-state index < -0.39 is 0 Å². The summed E-state index contributed by atoms with van der Waals surface area (Å²) >= 11 is 0. The van der Waals surface area contributed by atoms with Crippen LogP contribution in [0.3, 0.4) is 0 Å². The van der Waals surface area contributed by atoms with Crippen molar-refractivity contribution in [3.8, 4) is 56.0 Å². The van der Waals surface area contributed by atoms with Crippen LogP contribution in [0, 0.1) is 0 Å². The average Bonchev–Trinajstić information content (AvgIpc) is 3.27. The molecule has 0 aromatic heterocycles. The highest BCUT2D eigenvalue weighted by Gasteiger charge is 2.27. The summed E-state index contributed by atoms with van der Waals surface area (Å²) in [5, 5.41) is 7.60. The summed E-state index contributed by atoms with van der Waals surface area (Å²) in [7, 11) is 0. The molecule has 37 heavy (non-hydrogen) atoms. The quantitative estimate of drug-likeness (QED) is 0.233. The van der Waals surface area contributed by atoms with Crippen molar-refractivity contribution in [3.63, 3.8) is 0 Å². The predicted octanol–water partition coefficient (Wildman–Crippen LogP) is 10.2. The molecular formula is C36H20O. The molecular weight excluding hydrogens is 448 g/mol. The van der Waals surface area contributed by atoms with Gasteiger partial charge in [0.2, 0.25) is 0 Å². The van der Waals surface area contributed by atoms with Crippen molar-refractivity contribution in [2.45, 2.75) is 0 Å². The van der Waals surface area contributed by atoms with E-state index in [9.17, 15) is 0 Å². The van der Waals surface area contributed by atoms with Crippen molar-refractivity contribution in [3.05, 3.63) is 121 Å². The van der Waals surface area contributed by atoms with E-state index in [1.807, 2.05) is 0 Å². The van der Waals surface area contributed by atoms with Crippen molar-refractivity contribution < 1.29 is 4.74 Å². The van der Waals surface area contributed by atoms with Crippen LogP contribution >= 0.6 is 0 Å². The average molecular weight is 469 g/mol. The highest BCUT2D eigenvalue weighted by Crippen LogP contribution is 2.54. The van der Waals surface area contributed by atoms with Gasteiger partial charge in [-0.2, -0.15) is 0 Å². The summed E-state index contributed by atoms with van der Waals surface area (Å²) in [4.78, 5) is 0. The fourth-order valence-electron chi connectivity index (χ4n) is 6.63. The van der Waals surface area contributed by atoms with Crippen LogP contribution in [-0.2, 0) is 0 Å². The van der Waals surface area contributed by atoms with Gasteiger partial charge in [-0.05, 0) is 90.1 Å². The molecule has 1 heteroatoms. The first-order valence-electron chi connectivity index (χ1n) is 12.8. The van der Waals surface area contributed by atoms with Crippen LogP contribution in [0.1, 0.15) is 0 Å². The molecule has 0 bridgehead atoms. The first-order chi connectivity index (χ1) is 18.3. The second-order valence-electron chi connectivity index (χ2n) is 10.1. The molecule has 0 fully saturated rings. The van der Waals surface area contributed by atoms with Gasteiger partial charge in [-0.3, -0.25) is 0 Å². The second kappa shape index (κ2) is 6.87. The Morgan fingerprint density at radius 1 is 0.378 bits per heavy atom. The zero-order valence-corrected chi connectivity index (χ0v) is 20.0. The van der Waals surface area contributed by atoms with Crippen molar-refractivity contribution in [1.29, 1.82) is 0 Å². The van der Waals surface area contributed by atoms with Crippen LogP contribution in [0.15, 0.2) is 121 Å². The van der Waals surface area contributed by atoms with Gasteiger partial charge in [-0.25, -0.2) is 0 Å². The van der Waals surface area contributed by atoms with Gasteiger partial charge < -0.3 is 4.74 Å². The molecule has 0 saturated carbocycles. The molecule has 1 heterocycles. The summed E-state index contributed by atoms with van der Waals surface area (Å²) in [6.45, 7) is 0. The van der Waals surface area contributed by atoms with E-state index in [2.05, 4.69) is 121 Å². The lowest BCUT2D eigenvalue weighted by atomic mass is 9.86. The van der Waals surface area contributed by atoms with Gasteiger partial charge in [-0.1, -0.05) is 97.1 Å². The Hall–Kier alpha value is -4.88. The summed E-state index contributed by atoms with van der Waals surface area (Å²) in [5.41, 5.74) is 10.2. The lowest BCUT2D eigenvalue weighted by Crippen LogP contribution is -1.97. The topological polar surface area (TPSA) is 9.23 Å². The zero-order valence-electron chi connectivity index (χ0n) is 20.0. The lowest BCUT2D eigenvalue weighted by Gasteiger charge is -2.23. The van der Waals surface area contributed by atoms with Gasteiger partial charge in [0.05, 0.1) is 0 Å². The Morgan fingerprint density at radius 2 is 1.05 bits per heavy atom. The Balaban J connectivity index is 1.40. The molecule has 2 aliphatic rings. The Morgan fingerprint density at radius 3 is 1.89 bits per heavy atom. The summed E-state index contributed by atoms with van der Waals surface area (Å²) in [6, 6.07) is 44.1. The van der Waals surface area contributed by atoms with E-state index >= 15 is 0 Å². The number of rotatable bonds is 1. The normalized spacial score (nSPS) is 12.5. The van der Waals surface area contributed by atoms with Crippen LogP contribution < -0.4 is 4.74 Å². The Bertz CT molecular complexity index is 2100. The van der Waals surface area contributed by atoms with Crippen molar-refractivity contribution in [2.75, 3.05) is 0 Å². The standard InChI is InChI=1S/C36H20O/c1-2-12-25-23(7-1)19-30-27-14-3-8-21-9-5-15-28(33(21)27)36(30)35(25)24-17-18-31-29(20-24)26-13-4-10-22-11-6-16-32(37-31)34(22)26/h1-20H. The summed E-state index contributed by atoms with van der Waals surface area (Å²) in [5.74, 6) is 1.85. The fourth-order valence-corrected chi connectivity index (χ4v) is 6.63. The molecule has 1 aliphatic heterocycles. The van der Waals surface area contributed by atoms with Crippen LogP contribution in [0.4, 0.5) is 0 Å². The molecule has 1 aliphatic carbocycles. The fraction of sp³-hybridized carbons (Fsp3) is 0. The Labute approximate surface area is 214 Å². The highest BCUT2D eigenvalue weighted by molar-refractivity contribution is 6.22. The molecule has 0 radical (unpaired) electrons. The minimum absolute atomic E-state index is 0.914. The number of hydrogen-bond acceptors (Lipinski definition) is 1.